The molecule has 2 fully saturated rings. The molecule has 264 valence electrons. The Hall–Kier alpha value is -5.56. The molecule has 2 aliphatic heterocycles. The van der Waals surface area contributed by atoms with Crippen LogP contribution in [-0.4, -0.2) is 85.4 Å². The fourth-order valence-electron chi connectivity index (χ4n) is 7.05. The van der Waals surface area contributed by atoms with Crippen molar-refractivity contribution in [3.63, 3.8) is 0 Å². The highest BCUT2D eigenvalue weighted by Crippen LogP contribution is 2.34. The molecular formula is C38H43N9O4. The number of pyridine rings is 1. The third-order valence-electron chi connectivity index (χ3n) is 10.0. The Labute approximate surface area is 296 Å². The lowest BCUT2D eigenvalue weighted by atomic mass is 10.0. The Morgan fingerprint density at radius 2 is 1.59 bits per heavy atom. The van der Waals surface area contributed by atoms with Gasteiger partial charge < -0.3 is 35.6 Å². The van der Waals surface area contributed by atoms with Crippen LogP contribution >= 0.6 is 0 Å². The normalized spacial score (nSPS) is 18.1. The van der Waals surface area contributed by atoms with E-state index in [1.54, 1.807) is 11.1 Å². The van der Waals surface area contributed by atoms with Gasteiger partial charge in [0.05, 0.1) is 48.5 Å². The number of aromatic nitrogens is 5. The average Bonchev–Trinajstić information content (AvgIpc) is 3.99. The van der Waals surface area contributed by atoms with Gasteiger partial charge in [0, 0.05) is 42.0 Å². The zero-order valence-corrected chi connectivity index (χ0v) is 29.1. The highest BCUT2D eigenvalue weighted by atomic mass is 16.5. The number of fused-ring (bicyclic) bond motifs is 1. The topological polar surface area (TPSA) is 175 Å². The Balaban J connectivity index is 1.03. The molecule has 2 aliphatic rings. The maximum Gasteiger partial charge on any atom is 0.407 e. The second-order valence-electron chi connectivity index (χ2n) is 13.6. The third kappa shape index (κ3) is 6.93. The molecule has 7 rings (SSSR count). The molecule has 3 aromatic heterocycles. The number of hydrogen-bond acceptors (Lipinski definition) is 8. The van der Waals surface area contributed by atoms with E-state index in [4.69, 9.17) is 15.7 Å². The molecule has 2 aromatic carbocycles. The van der Waals surface area contributed by atoms with E-state index < -0.39 is 12.1 Å². The lowest BCUT2D eigenvalue weighted by Crippen LogP contribution is -2.46. The number of methoxy groups -OCH3 is 1. The molecule has 0 saturated carbocycles. The van der Waals surface area contributed by atoms with Gasteiger partial charge in [-0.2, -0.15) is 0 Å². The van der Waals surface area contributed by atoms with Crippen LogP contribution in [0.15, 0.2) is 67.1 Å². The number of hydrogen-bond donors (Lipinski definition) is 4. The highest BCUT2D eigenvalue weighted by Gasteiger charge is 2.35. The van der Waals surface area contributed by atoms with Crippen LogP contribution < -0.4 is 11.1 Å². The van der Waals surface area contributed by atoms with Gasteiger partial charge in [0.15, 0.2) is 0 Å². The van der Waals surface area contributed by atoms with Crippen LogP contribution in [0.25, 0.3) is 44.5 Å². The van der Waals surface area contributed by atoms with Gasteiger partial charge in [-0.1, -0.05) is 50.2 Å². The molecule has 2 saturated heterocycles. The number of alkyl carbamates (subject to hydrolysis) is 1. The van der Waals surface area contributed by atoms with Crippen molar-refractivity contribution in [1.82, 2.24) is 40.0 Å². The smallest absolute Gasteiger partial charge is 0.407 e. The van der Waals surface area contributed by atoms with Crippen molar-refractivity contribution in [3.05, 3.63) is 78.8 Å². The van der Waals surface area contributed by atoms with Gasteiger partial charge in [-0.3, -0.25) is 14.6 Å². The van der Waals surface area contributed by atoms with E-state index >= 15 is 0 Å². The van der Waals surface area contributed by atoms with E-state index in [0.29, 0.717) is 13.1 Å². The predicted molar refractivity (Wildman–Crippen MR) is 193 cm³/mol. The van der Waals surface area contributed by atoms with Crippen molar-refractivity contribution in [2.45, 2.75) is 57.7 Å². The van der Waals surface area contributed by atoms with Gasteiger partial charge in [0.2, 0.25) is 11.8 Å². The van der Waals surface area contributed by atoms with Gasteiger partial charge in [-0.25, -0.2) is 14.8 Å². The first-order valence-corrected chi connectivity index (χ1v) is 17.5. The fourth-order valence-corrected chi connectivity index (χ4v) is 7.05. The van der Waals surface area contributed by atoms with Gasteiger partial charge in [0.25, 0.3) is 0 Å². The number of nitrogens with two attached hydrogens (primary N) is 1. The zero-order chi connectivity index (χ0) is 35.6. The predicted octanol–water partition coefficient (Wildman–Crippen LogP) is 5.35. The SMILES string of the molecule is COC(=O)NCC(=O)N1CCC[C@H]1c1ncc(-c2ccc(-c3cc4ccc(-c5c[nH]c([C@@H]6CCCN6C(=O)[C@@H](N)C(C)C)n5)cc4cn3)cc2)[nH]1. The molecule has 3 amide bonds. The molecular weight excluding hydrogens is 646 g/mol. The summed E-state index contributed by atoms with van der Waals surface area (Å²) in [5.74, 6) is 1.40. The minimum Gasteiger partial charge on any atom is -0.453 e. The number of imidazole rings is 2. The molecule has 0 aliphatic carbocycles. The van der Waals surface area contributed by atoms with Crippen LogP contribution in [0.1, 0.15) is 63.3 Å². The Morgan fingerprint density at radius 3 is 2.33 bits per heavy atom. The van der Waals surface area contributed by atoms with E-state index in [9.17, 15) is 14.4 Å². The summed E-state index contributed by atoms with van der Waals surface area (Å²) in [5.41, 5.74) is 11.7. The standard InChI is InChI=1S/C38H43N9O4/c1-22(2)34(39)37(49)47-15-5-7-32(47)36-42-20-30(45-36)26-13-12-25-17-28(40-18-27(25)16-26)23-8-10-24(11-9-23)29-19-41-35(44-29)31-6-4-14-46(31)33(48)21-43-38(50)51-3/h8-13,16-20,22,31-32,34H,4-7,14-15,21,39H2,1-3H3,(H,41,44)(H,42,45)(H,43,50)/t31-,32-,34-/m0/s1. The van der Waals surface area contributed by atoms with Crippen LogP contribution in [-0.2, 0) is 14.3 Å². The van der Waals surface area contributed by atoms with Gasteiger partial charge in [-0.05, 0) is 54.7 Å². The molecule has 5 N–H and O–H groups in total. The minimum atomic E-state index is -0.633. The summed E-state index contributed by atoms with van der Waals surface area (Å²) in [5, 5.41) is 4.53. The number of ether oxygens (including phenoxy) is 1. The monoisotopic (exact) mass is 689 g/mol. The van der Waals surface area contributed by atoms with Crippen molar-refractivity contribution in [2.75, 3.05) is 26.7 Å². The Kier molecular flexibility index (Phi) is 9.54. The van der Waals surface area contributed by atoms with Crippen molar-refractivity contribution in [1.29, 1.82) is 0 Å². The summed E-state index contributed by atoms with van der Waals surface area (Å²) in [6.07, 6.45) is 8.39. The maximum absolute atomic E-state index is 13.0. The van der Waals surface area contributed by atoms with Crippen molar-refractivity contribution in [3.8, 4) is 33.8 Å². The van der Waals surface area contributed by atoms with Crippen molar-refractivity contribution in [2.24, 2.45) is 11.7 Å². The maximum atomic E-state index is 13.0. The molecule has 5 aromatic rings. The number of carbonyl (C=O) groups is 3. The number of aromatic amines is 2. The van der Waals surface area contributed by atoms with Crippen molar-refractivity contribution < 1.29 is 19.1 Å². The first kappa shape index (κ1) is 33.9. The second-order valence-corrected chi connectivity index (χ2v) is 13.6. The fraction of sp³-hybridized carbons (Fsp3) is 0.368. The molecule has 5 heterocycles. The largest absolute Gasteiger partial charge is 0.453 e. The van der Waals surface area contributed by atoms with Crippen LogP contribution in [0, 0.1) is 5.92 Å². The first-order valence-electron chi connectivity index (χ1n) is 17.5. The van der Waals surface area contributed by atoms with E-state index in [1.807, 2.05) is 55.4 Å². The summed E-state index contributed by atoms with van der Waals surface area (Å²) < 4.78 is 4.58. The van der Waals surface area contributed by atoms with Crippen LogP contribution in [0.4, 0.5) is 4.79 Å². The molecule has 51 heavy (non-hydrogen) atoms. The van der Waals surface area contributed by atoms with Gasteiger partial charge in [0.1, 0.15) is 18.2 Å². The van der Waals surface area contributed by atoms with Crippen LogP contribution in [0.3, 0.4) is 0 Å². The molecule has 13 heteroatoms. The molecule has 0 spiro atoms. The summed E-state index contributed by atoms with van der Waals surface area (Å²) >= 11 is 0. The van der Waals surface area contributed by atoms with Crippen LogP contribution in [0.5, 0.6) is 0 Å². The van der Waals surface area contributed by atoms with E-state index in [2.05, 4.69) is 49.3 Å². The Morgan fingerprint density at radius 1 is 0.882 bits per heavy atom. The van der Waals surface area contributed by atoms with E-state index in [-0.39, 0.29) is 36.4 Å². The van der Waals surface area contributed by atoms with E-state index in [0.717, 1.165) is 81.9 Å². The van der Waals surface area contributed by atoms with Gasteiger partial charge >= 0.3 is 6.09 Å². The number of benzene rings is 2. The summed E-state index contributed by atoms with van der Waals surface area (Å²) in [6, 6.07) is 15.7. The number of nitrogens with zero attached hydrogens (tertiary/aromatic N) is 5. The summed E-state index contributed by atoms with van der Waals surface area (Å²) in [7, 11) is 1.27. The third-order valence-corrected chi connectivity index (χ3v) is 10.0. The number of rotatable bonds is 9. The summed E-state index contributed by atoms with van der Waals surface area (Å²) in [4.78, 5) is 61.9. The summed E-state index contributed by atoms with van der Waals surface area (Å²) in [6.45, 7) is 5.13. The first-order chi connectivity index (χ1) is 24.7. The lowest BCUT2D eigenvalue weighted by molar-refractivity contribution is -0.134. The zero-order valence-electron chi connectivity index (χ0n) is 29.1. The number of carbonyl (C=O) groups excluding carboxylic acids is 3. The lowest BCUT2D eigenvalue weighted by Gasteiger charge is -2.27. The minimum absolute atomic E-state index is 0.0165. The number of amides is 3. The van der Waals surface area contributed by atoms with Crippen LogP contribution in [0.2, 0.25) is 0 Å². The Bertz CT molecular complexity index is 2050. The van der Waals surface area contributed by atoms with E-state index in [1.165, 1.54) is 7.11 Å². The average molecular weight is 690 g/mol. The number of likely N-dealkylation sites (tertiary alicyclic amines) is 2. The van der Waals surface area contributed by atoms with Crippen molar-refractivity contribution >= 4 is 28.7 Å². The number of H-pyrrole nitrogens is 2. The molecule has 0 bridgehead atoms. The van der Waals surface area contributed by atoms with Gasteiger partial charge in [-0.15, -0.1) is 0 Å². The number of nitrogens with one attached hydrogen (secondary N) is 3. The molecule has 13 nitrogen and oxygen atoms in total. The second kappa shape index (κ2) is 14.4. The molecule has 3 atom stereocenters. The highest BCUT2D eigenvalue weighted by molar-refractivity contribution is 5.89. The quantitative estimate of drug-likeness (QED) is 0.160. The molecule has 0 radical (unpaired) electrons. The molecule has 0 unspecified atom stereocenters.